The van der Waals surface area contributed by atoms with Gasteiger partial charge in [0.15, 0.2) is 0 Å². The minimum atomic E-state index is -0.450. The number of benzene rings is 1. The van der Waals surface area contributed by atoms with Gasteiger partial charge in [-0.2, -0.15) is 0 Å². The summed E-state index contributed by atoms with van der Waals surface area (Å²) in [6.07, 6.45) is 2.27. The maximum atomic E-state index is 11.4. The van der Waals surface area contributed by atoms with Crippen LogP contribution in [0, 0.1) is 5.38 Å². The smallest absolute Gasteiger partial charge is 0.407 e. The van der Waals surface area contributed by atoms with Crippen molar-refractivity contribution in [1.29, 1.82) is 0 Å². The van der Waals surface area contributed by atoms with Crippen molar-refractivity contribution in [3.05, 3.63) is 41.3 Å². The van der Waals surface area contributed by atoms with E-state index >= 15 is 0 Å². The predicted octanol–water partition coefficient (Wildman–Crippen LogP) is 4.50. The molecule has 0 aliphatic heterocycles. The highest BCUT2D eigenvalue weighted by Crippen LogP contribution is 2.24. The number of alkyl carbamates (subject to hydrolysis) is 1. The molecule has 1 N–H and O–H groups in total. The van der Waals surface area contributed by atoms with Gasteiger partial charge in [-0.25, -0.2) is 4.79 Å². The number of amides is 1. The Bertz CT molecular complexity index is 401. The topological polar surface area (TPSA) is 38.3 Å². The Morgan fingerprint density at radius 1 is 1.20 bits per heavy atom. The van der Waals surface area contributed by atoms with Crippen LogP contribution in [0.1, 0.15) is 45.6 Å². The fraction of sp³-hybridized carbons (Fsp3) is 0.500. The Morgan fingerprint density at radius 3 is 2.45 bits per heavy atom. The number of hydrogen-bond donors (Lipinski definition) is 1. The molecule has 0 unspecified atom stereocenters. The molecule has 0 aliphatic rings. The molecule has 4 heteroatoms. The number of carbonyl (C=O) groups excluding carboxylic acids is 1. The van der Waals surface area contributed by atoms with Gasteiger partial charge in [0.1, 0.15) is 5.60 Å². The van der Waals surface area contributed by atoms with Gasteiger partial charge in [-0.1, -0.05) is 30.3 Å². The van der Waals surface area contributed by atoms with E-state index in [1.807, 2.05) is 51.1 Å². The van der Waals surface area contributed by atoms with Crippen molar-refractivity contribution in [2.24, 2.45) is 0 Å². The lowest BCUT2D eigenvalue weighted by molar-refractivity contribution is 0.0527. The molecular formula is C16H23ClNO2. The molecule has 0 atom stereocenters. The second-order valence-electron chi connectivity index (χ2n) is 5.66. The Hall–Kier alpha value is -1.22. The molecule has 0 aromatic heterocycles. The second-order valence-corrected chi connectivity index (χ2v) is 6.11. The summed E-state index contributed by atoms with van der Waals surface area (Å²) in [5, 5.41) is 3.60. The standard InChI is InChI=1S/C16H23ClNO2/c1-16(2,3)20-15(19)18-12-8-7-11-14(17)13-9-5-4-6-10-13/h4-6,9-10H,7-8,11-12H2,1-3H3,(H,18,19). The maximum absolute atomic E-state index is 11.4. The molecular weight excluding hydrogens is 274 g/mol. The molecule has 1 aromatic rings. The van der Waals surface area contributed by atoms with E-state index in [-0.39, 0.29) is 6.09 Å². The summed E-state index contributed by atoms with van der Waals surface area (Å²) >= 11 is 6.24. The Labute approximate surface area is 126 Å². The van der Waals surface area contributed by atoms with E-state index in [2.05, 4.69) is 5.32 Å². The van der Waals surface area contributed by atoms with Crippen molar-refractivity contribution in [2.75, 3.05) is 6.54 Å². The highest BCUT2D eigenvalue weighted by atomic mass is 35.5. The van der Waals surface area contributed by atoms with Crippen LogP contribution < -0.4 is 5.32 Å². The number of hydrogen-bond acceptors (Lipinski definition) is 2. The van der Waals surface area contributed by atoms with Gasteiger partial charge in [-0.05, 0) is 45.6 Å². The fourth-order valence-corrected chi connectivity index (χ4v) is 1.93. The van der Waals surface area contributed by atoms with Crippen molar-refractivity contribution >= 4 is 17.7 Å². The van der Waals surface area contributed by atoms with Gasteiger partial charge < -0.3 is 10.1 Å². The van der Waals surface area contributed by atoms with Gasteiger partial charge in [0, 0.05) is 6.54 Å². The molecule has 1 amide bonds. The molecule has 1 aromatic carbocycles. The Balaban J connectivity index is 2.12. The summed E-state index contributed by atoms with van der Waals surface area (Å²) in [6.45, 7) is 6.15. The number of carbonyl (C=O) groups is 1. The largest absolute Gasteiger partial charge is 0.444 e. The molecule has 0 saturated carbocycles. The highest BCUT2D eigenvalue weighted by molar-refractivity contribution is 6.29. The Kier molecular flexibility index (Phi) is 6.86. The third-order valence-corrected chi connectivity index (χ3v) is 2.99. The zero-order chi connectivity index (χ0) is 15.0. The van der Waals surface area contributed by atoms with Gasteiger partial charge >= 0.3 is 6.09 Å². The van der Waals surface area contributed by atoms with E-state index in [0.29, 0.717) is 6.54 Å². The number of rotatable bonds is 6. The molecule has 1 radical (unpaired) electrons. The molecule has 111 valence electrons. The molecule has 3 nitrogen and oxygen atoms in total. The zero-order valence-electron chi connectivity index (χ0n) is 12.4. The van der Waals surface area contributed by atoms with E-state index in [4.69, 9.17) is 16.3 Å². The lowest BCUT2D eigenvalue weighted by Gasteiger charge is -2.19. The average molecular weight is 297 g/mol. The third-order valence-electron chi connectivity index (χ3n) is 2.58. The van der Waals surface area contributed by atoms with E-state index in [9.17, 15) is 4.79 Å². The number of unbranched alkanes of at least 4 members (excludes halogenated alkanes) is 1. The van der Waals surface area contributed by atoms with E-state index in [1.165, 1.54) is 0 Å². The van der Waals surface area contributed by atoms with Gasteiger partial charge in [0.25, 0.3) is 0 Å². The average Bonchev–Trinajstić information content (AvgIpc) is 2.37. The summed E-state index contributed by atoms with van der Waals surface area (Å²) in [5.74, 6) is 0. The monoisotopic (exact) mass is 296 g/mol. The van der Waals surface area contributed by atoms with Crippen molar-refractivity contribution in [3.63, 3.8) is 0 Å². The molecule has 0 spiro atoms. The molecule has 0 saturated heterocycles. The van der Waals surface area contributed by atoms with Crippen LogP contribution in [0.25, 0.3) is 0 Å². The fourth-order valence-electron chi connectivity index (χ4n) is 1.67. The van der Waals surface area contributed by atoms with Crippen LogP contribution in [0.15, 0.2) is 30.3 Å². The number of ether oxygens (including phenoxy) is 1. The normalized spacial score (nSPS) is 11.4. The van der Waals surface area contributed by atoms with E-state index in [0.717, 1.165) is 30.2 Å². The highest BCUT2D eigenvalue weighted by Gasteiger charge is 2.15. The summed E-state index contributed by atoms with van der Waals surface area (Å²) < 4.78 is 5.15. The van der Waals surface area contributed by atoms with Crippen LogP contribution in [0.2, 0.25) is 0 Å². The maximum Gasteiger partial charge on any atom is 0.407 e. The molecule has 0 heterocycles. The summed E-state index contributed by atoms with van der Waals surface area (Å²) in [5.41, 5.74) is 0.614. The minimum absolute atomic E-state index is 0.365. The van der Waals surface area contributed by atoms with Gasteiger partial charge in [0.2, 0.25) is 0 Å². The van der Waals surface area contributed by atoms with Gasteiger partial charge in [0.05, 0.1) is 5.38 Å². The van der Waals surface area contributed by atoms with E-state index in [1.54, 1.807) is 0 Å². The second kappa shape index (κ2) is 8.15. The summed E-state index contributed by atoms with van der Waals surface area (Å²) in [6, 6.07) is 9.92. The predicted molar refractivity (Wildman–Crippen MR) is 82.7 cm³/mol. The van der Waals surface area contributed by atoms with Crippen molar-refractivity contribution in [3.8, 4) is 0 Å². The Morgan fingerprint density at radius 2 is 1.85 bits per heavy atom. The van der Waals surface area contributed by atoms with Gasteiger partial charge in [-0.3, -0.25) is 0 Å². The summed E-state index contributed by atoms with van der Waals surface area (Å²) in [4.78, 5) is 11.4. The molecule has 0 bridgehead atoms. The summed E-state index contributed by atoms with van der Waals surface area (Å²) in [7, 11) is 0. The number of nitrogens with one attached hydrogen (secondary N) is 1. The van der Waals surface area contributed by atoms with E-state index < -0.39 is 5.60 Å². The number of halogens is 1. The van der Waals surface area contributed by atoms with Crippen molar-refractivity contribution < 1.29 is 9.53 Å². The van der Waals surface area contributed by atoms with Crippen molar-refractivity contribution in [2.45, 2.75) is 45.6 Å². The quantitative estimate of drug-likeness (QED) is 0.785. The molecule has 0 fully saturated rings. The van der Waals surface area contributed by atoms with Gasteiger partial charge in [-0.15, -0.1) is 11.6 Å². The lowest BCUT2D eigenvalue weighted by Crippen LogP contribution is -2.33. The zero-order valence-corrected chi connectivity index (χ0v) is 13.2. The van der Waals surface area contributed by atoms with Crippen molar-refractivity contribution in [1.82, 2.24) is 5.32 Å². The first-order valence-electron chi connectivity index (χ1n) is 6.92. The minimum Gasteiger partial charge on any atom is -0.444 e. The van der Waals surface area contributed by atoms with Crippen LogP contribution >= 0.6 is 11.6 Å². The molecule has 0 aliphatic carbocycles. The molecule has 1 rings (SSSR count). The molecule has 20 heavy (non-hydrogen) atoms. The van der Waals surface area contributed by atoms with Crippen LogP contribution in [0.5, 0.6) is 0 Å². The SMILES string of the molecule is CC(C)(C)OC(=O)NCCCC[C](Cl)c1ccccc1. The first-order valence-corrected chi connectivity index (χ1v) is 7.30. The third kappa shape index (κ3) is 7.39. The van der Waals surface area contributed by atoms with Crippen LogP contribution in [-0.4, -0.2) is 18.2 Å². The first-order chi connectivity index (χ1) is 9.38. The van der Waals surface area contributed by atoms with Crippen LogP contribution in [0.4, 0.5) is 4.79 Å². The lowest BCUT2D eigenvalue weighted by atomic mass is 10.1. The van der Waals surface area contributed by atoms with Crippen LogP contribution in [0.3, 0.4) is 0 Å². The van der Waals surface area contributed by atoms with Crippen LogP contribution in [-0.2, 0) is 4.74 Å². The first kappa shape index (κ1) is 16.8.